The maximum Gasteiger partial charge on any atom is 0.288 e. The van der Waals surface area contributed by atoms with E-state index in [0.717, 1.165) is 17.9 Å². The number of nitro benzene ring substituents is 1. The van der Waals surface area contributed by atoms with E-state index in [1.165, 1.54) is 12.2 Å². The summed E-state index contributed by atoms with van der Waals surface area (Å²) < 4.78 is 0. The first-order valence-electron chi connectivity index (χ1n) is 5.78. The molecule has 1 aromatic carbocycles. The Labute approximate surface area is 115 Å². The van der Waals surface area contributed by atoms with Crippen molar-refractivity contribution in [2.75, 3.05) is 18.6 Å². The third-order valence-corrected chi connectivity index (χ3v) is 4.63. The maximum atomic E-state index is 10.8. The summed E-state index contributed by atoms with van der Waals surface area (Å²) in [7, 11) is 2.07. The van der Waals surface area contributed by atoms with Crippen molar-refractivity contribution in [2.45, 2.75) is 19.0 Å². The Morgan fingerprint density at radius 2 is 2.39 bits per heavy atom. The van der Waals surface area contributed by atoms with Crippen molar-refractivity contribution in [1.82, 2.24) is 4.90 Å². The molecule has 0 N–H and O–H groups in total. The van der Waals surface area contributed by atoms with E-state index in [-0.39, 0.29) is 10.7 Å². The Hall–Kier alpha value is -0.780. The van der Waals surface area contributed by atoms with Gasteiger partial charge in [0.25, 0.3) is 5.69 Å². The molecule has 1 atom stereocenters. The minimum atomic E-state index is -0.433. The third-order valence-electron chi connectivity index (χ3n) is 3.17. The highest BCUT2D eigenvalue weighted by Gasteiger charge is 2.21. The van der Waals surface area contributed by atoms with Crippen LogP contribution in [-0.2, 0) is 6.54 Å². The fourth-order valence-corrected chi connectivity index (χ4v) is 3.57. The van der Waals surface area contributed by atoms with Gasteiger partial charge < -0.3 is 0 Å². The van der Waals surface area contributed by atoms with E-state index in [4.69, 9.17) is 11.6 Å². The molecule has 1 saturated heterocycles. The first kappa shape index (κ1) is 13.6. The minimum Gasteiger partial charge on any atom is -0.298 e. The van der Waals surface area contributed by atoms with Crippen LogP contribution in [0.1, 0.15) is 12.0 Å². The van der Waals surface area contributed by atoms with Gasteiger partial charge in [0.05, 0.1) is 4.92 Å². The fourth-order valence-electron chi connectivity index (χ4n) is 2.08. The smallest absolute Gasteiger partial charge is 0.288 e. The second kappa shape index (κ2) is 5.91. The summed E-state index contributed by atoms with van der Waals surface area (Å²) in [5.41, 5.74) is 0.925. The average Bonchev–Trinajstić information content (AvgIpc) is 2.85. The molecule has 1 heterocycles. The monoisotopic (exact) mass is 286 g/mol. The van der Waals surface area contributed by atoms with Crippen LogP contribution in [-0.4, -0.2) is 34.4 Å². The summed E-state index contributed by atoms with van der Waals surface area (Å²) in [4.78, 5) is 12.6. The molecule has 0 bridgehead atoms. The molecular formula is C12H15ClN2O2S. The molecule has 98 valence electrons. The third kappa shape index (κ3) is 3.16. The van der Waals surface area contributed by atoms with Gasteiger partial charge in [-0.25, -0.2) is 0 Å². The number of nitrogens with zero attached hydrogens (tertiary/aromatic N) is 2. The summed E-state index contributed by atoms with van der Waals surface area (Å²) in [5, 5.41) is 11.0. The Balaban J connectivity index is 2.09. The fraction of sp³-hybridized carbons (Fsp3) is 0.500. The van der Waals surface area contributed by atoms with Crippen LogP contribution in [0.5, 0.6) is 0 Å². The lowest BCUT2D eigenvalue weighted by molar-refractivity contribution is -0.384. The first-order chi connectivity index (χ1) is 8.58. The van der Waals surface area contributed by atoms with Crippen LogP contribution in [0.2, 0.25) is 5.02 Å². The summed E-state index contributed by atoms with van der Waals surface area (Å²) in [5.74, 6) is 2.35. The summed E-state index contributed by atoms with van der Waals surface area (Å²) >= 11 is 7.76. The highest BCUT2D eigenvalue weighted by Crippen LogP contribution is 2.27. The molecule has 4 nitrogen and oxygen atoms in total. The average molecular weight is 287 g/mol. The van der Waals surface area contributed by atoms with Gasteiger partial charge in [-0.3, -0.25) is 15.0 Å². The van der Waals surface area contributed by atoms with Gasteiger partial charge in [-0.05, 0) is 30.9 Å². The standard InChI is InChI=1S/C12H15ClN2O2S/c1-14(10-4-5-18-8-10)7-9-2-3-11(13)12(6-9)15(16)17/h2-3,6,10H,4-5,7-8H2,1H3. The number of hydrogen-bond acceptors (Lipinski definition) is 4. The van der Waals surface area contributed by atoms with Crippen molar-refractivity contribution in [3.05, 3.63) is 38.9 Å². The maximum absolute atomic E-state index is 10.8. The largest absolute Gasteiger partial charge is 0.298 e. The molecular weight excluding hydrogens is 272 g/mol. The zero-order chi connectivity index (χ0) is 13.1. The predicted octanol–water partition coefficient (Wildman–Crippen LogP) is 3.19. The van der Waals surface area contributed by atoms with Crippen LogP contribution in [0.25, 0.3) is 0 Å². The normalized spacial score (nSPS) is 19.4. The number of benzene rings is 1. The Morgan fingerprint density at radius 3 is 3.00 bits per heavy atom. The molecule has 18 heavy (non-hydrogen) atoms. The van der Waals surface area contributed by atoms with Gasteiger partial charge in [-0.15, -0.1) is 0 Å². The molecule has 1 aliphatic heterocycles. The van der Waals surface area contributed by atoms with Crippen molar-refractivity contribution in [2.24, 2.45) is 0 Å². The van der Waals surface area contributed by atoms with E-state index < -0.39 is 4.92 Å². The van der Waals surface area contributed by atoms with Crippen LogP contribution in [0.15, 0.2) is 18.2 Å². The lowest BCUT2D eigenvalue weighted by atomic mass is 10.1. The summed E-state index contributed by atoms with van der Waals surface area (Å²) in [6.07, 6.45) is 1.19. The molecule has 2 rings (SSSR count). The molecule has 0 saturated carbocycles. The van der Waals surface area contributed by atoms with Crippen LogP contribution >= 0.6 is 23.4 Å². The van der Waals surface area contributed by atoms with Crippen LogP contribution in [0, 0.1) is 10.1 Å². The van der Waals surface area contributed by atoms with E-state index in [1.54, 1.807) is 12.1 Å². The minimum absolute atomic E-state index is 0.0108. The molecule has 0 aliphatic carbocycles. The molecule has 1 fully saturated rings. The van der Waals surface area contributed by atoms with Gasteiger partial charge in [0, 0.05) is 24.4 Å². The summed E-state index contributed by atoms with van der Waals surface area (Å²) in [6.45, 7) is 0.725. The quantitative estimate of drug-likeness (QED) is 0.630. The molecule has 6 heteroatoms. The molecule has 1 aliphatic rings. The van der Waals surface area contributed by atoms with Crippen LogP contribution in [0.3, 0.4) is 0 Å². The van der Waals surface area contributed by atoms with Crippen LogP contribution in [0.4, 0.5) is 5.69 Å². The van der Waals surface area contributed by atoms with Crippen molar-refractivity contribution < 1.29 is 4.92 Å². The van der Waals surface area contributed by atoms with Crippen molar-refractivity contribution in [1.29, 1.82) is 0 Å². The molecule has 0 aromatic heterocycles. The van der Waals surface area contributed by atoms with Gasteiger partial charge in [0.2, 0.25) is 0 Å². The second-order valence-corrected chi connectivity index (χ2v) is 6.03. The highest BCUT2D eigenvalue weighted by atomic mass is 35.5. The van der Waals surface area contributed by atoms with Crippen molar-refractivity contribution in [3.8, 4) is 0 Å². The topological polar surface area (TPSA) is 46.4 Å². The number of hydrogen-bond donors (Lipinski definition) is 0. The molecule has 0 radical (unpaired) electrons. The lowest BCUT2D eigenvalue weighted by Crippen LogP contribution is -2.30. The predicted molar refractivity (Wildman–Crippen MR) is 75.3 cm³/mol. The number of rotatable bonds is 4. The first-order valence-corrected chi connectivity index (χ1v) is 7.32. The van der Waals surface area contributed by atoms with Crippen molar-refractivity contribution >= 4 is 29.1 Å². The second-order valence-electron chi connectivity index (χ2n) is 4.48. The number of halogens is 1. The summed E-state index contributed by atoms with van der Waals surface area (Å²) in [6, 6.07) is 5.60. The molecule has 0 amide bonds. The number of thioether (sulfide) groups is 1. The zero-order valence-corrected chi connectivity index (χ0v) is 11.7. The number of nitro groups is 1. The Morgan fingerprint density at radius 1 is 1.61 bits per heavy atom. The molecule has 1 unspecified atom stereocenters. The van der Waals surface area contributed by atoms with Crippen LogP contribution < -0.4 is 0 Å². The van der Waals surface area contributed by atoms with E-state index in [9.17, 15) is 10.1 Å². The van der Waals surface area contributed by atoms with Crippen molar-refractivity contribution in [3.63, 3.8) is 0 Å². The SMILES string of the molecule is CN(Cc1ccc(Cl)c([N+](=O)[O-])c1)C1CCSC1. The Bertz CT molecular complexity index is 450. The van der Waals surface area contributed by atoms with E-state index >= 15 is 0 Å². The highest BCUT2D eigenvalue weighted by molar-refractivity contribution is 7.99. The van der Waals surface area contributed by atoms with Gasteiger partial charge in [0.15, 0.2) is 0 Å². The van der Waals surface area contributed by atoms with Gasteiger partial charge in [-0.2, -0.15) is 11.8 Å². The zero-order valence-electron chi connectivity index (χ0n) is 10.1. The molecule has 0 spiro atoms. The van der Waals surface area contributed by atoms with E-state index in [0.29, 0.717) is 6.04 Å². The van der Waals surface area contributed by atoms with E-state index in [2.05, 4.69) is 11.9 Å². The Kier molecular flexibility index (Phi) is 4.48. The lowest BCUT2D eigenvalue weighted by Gasteiger charge is -2.23. The van der Waals surface area contributed by atoms with Gasteiger partial charge in [-0.1, -0.05) is 17.7 Å². The van der Waals surface area contributed by atoms with E-state index in [1.807, 2.05) is 17.8 Å². The van der Waals surface area contributed by atoms with Gasteiger partial charge >= 0.3 is 0 Å². The molecule has 1 aromatic rings. The van der Waals surface area contributed by atoms with Gasteiger partial charge in [0.1, 0.15) is 5.02 Å².